The van der Waals surface area contributed by atoms with Crippen molar-refractivity contribution in [2.45, 2.75) is 200 Å². The lowest BCUT2D eigenvalue weighted by atomic mass is 10.0. The second-order valence-corrected chi connectivity index (χ2v) is 5.66. The molecule has 0 atom stereocenters. The van der Waals surface area contributed by atoms with Crippen LogP contribution in [0.5, 0.6) is 0 Å². The molecule has 0 saturated heterocycles. The van der Waals surface area contributed by atoms with Gasteiger partial charge in [-0.05, 0) is 0 Å². The van der Waals surface area contributed by atoms with Crippen LogP contribution < -0.4 is 0 Å². The Morgan fingerprint density at radius 2 is 0.167 bits per heavy atom. The lowest BCUT2D eigenvalue weighted by Crippen LogP contribution is -1.85. The summed E-state index contributed by atoms with van der Waals surface area (Å²) in [5, 5.41) is 0. The Morgan fingerprint density at radius 3 is 0.167 bits per heavy atom. The Kier molecular flexibility index (Phi) is 141. The van der Waals surface area contributed by atoms with E-state index in [0.717, 1.165) is 0 Å². The van der Waals surface area contributed by atoms with Crippen molar-refractivity contribution in [2.24, 2.45) is 0 Å². The van der Waals surface area contributed by atoms with Gasteiger partial charge in [0, 0.05) is 0 Å². The molecule has 0 heteroatoms. The molecule has 0 nitrogen and oxygen atoms in total. The van der Waals surface area contributed by atoms with E-state index in [1.807, 2.05) is 96.9 Å². The Morgan fingerprint density at radius 1 is 0.133 bits per heavy atom. The van der Waals surface area contributed by atoms with Gasteiger partial charge in [0.2, 0.25) is 0 Å². The van der Waals surface area contributed by atoms with Crippen LogP contribution in [0.2, 0.25) is 0 Å². The van der Waals surface area contributed by atoms with E-state index in [-0.39, 0.29) is 0 Å². The summed E-state index contributed by atoms with van der Waals surface area (Å²) in [6, 6.07) is 0. The van der Waals surface area contributed by atoms with Gasteiger partial charge in [0.15, 0.2) is 0 Å². The summed E-state index contributed by atoms with van der Waals surface area (Å²) in [5.74, 6) is 0. The van der Waals surface area contributed by atoms with Gasteiger partial charge in [0.25, 0.3) is 0 Å². The second-order valence-electron chi connectivity index (χ2n) is 5.66. The average Bonchev–Trinajstić information content (AvgIpc) is 2.67. The standard InChI is InChI=1S/4C4H8.7C2H6/c4*1-2-4-3-1;7*1-2/h4*1-4H2;7*1-2H3. The zero-order chi connectivity index (χ0) is 25.3. The first-order chi connectivity index (χ1) is 15.0. The van der Waals surface area contributed by atoms with Crippen LogP contribution in [0.15, 0.2) is 0 Å². The largest absolute Gasteiger partial charge is 0.0683 e. The van der Waals surface area contributed by atoms with Crippen LogP contribution in [-0.4, -0.2) is 0 Å². The van der Waals surface area contributed by atoms with Gasteiger partial charge in [-0.25, -0.2) is 0 Å². The summed E-state index contributed by atoms with van der Waals surface area (Å²) in [6.45, 7) is 28.0. The van der Waals surface area contributed by atoms with E-state index < -0.39 is 0 Å². The van der Waals surface area contributed by atoms with E-state index in [9.17, 15) is 0 Å². The Hall–Kier alpha value is 0. The zero-order valence-corrected chi connectivity index (χ0v) is 25.3. The van der Waals surface area contributed by atoms with Crippen LogP contribution in [0.4, 0.5) is 0 Å². The molecule has 0 aliphatic heterocycles. The highest BCUT2D eigenvalue weighted by Gasteiger charge is 1.96. The summed E-state index contributed by atoms with van der Waals surface area (Å²) in [5.41, 5.74) is 0. The van der Waals surface area contributed by atoms with E-state index in [1.165, 1.54) is 103 Å². The SMILES string of the molecule is C1CCC1.C1CCC1.C1CCC1.C1CCC1.CC.CC.CC.CC.CC.CC.CC. The van der Waals surface area contributed by atoms with Crippen LogP contribution in [0.25, 0.3) is 0 Å². The molecule has 4 saturated carbocycles. The van der Waals surface area contributed by atoms with E-state index in [0.29, 0.717) is 0 Å². The highest BCUT2D eigenvalue weighted by atomic mass is 14.0. The van der Waals surface area contributed by atoms with Crippen LogP contribution in [0.3, 0.4) is 0 Å². The van der Waals surface area contributed by atoms with Gasteiger partial charge in [-0.2, -0.15) is 0 Å². The molecule has 0 bridgehead atoms. The van der Waals surface area contributed by atoms with Crippen molar-refractivity contribution in [3.05, 3.63) is 0 Å². The first-order valence-corrected chi connectivity index (χ1v) is 15.0. The molecule has 0 radical (unpaired) electrons. The van der Waals surface area contributed by atoms with Gasteiger partial charge in [-0.15, -0.1) is 0 Å². The fourth-order valence-electron chi connectivity index (χ4n) is 1.000. The summed E-state index contributed by atoms with van der Waals surface area (Å²) in [7, 11) is 0. The predicted octanol–water partition coefficient (Wildman–Crippen LogP) is 13.4. The van der Waals surface area contributed by atoms with Crippen LogP contribution in [0, 0.1) is 0 Å². The topological polar surface area (TPSA) is 0 Å². The first kappa shape index (κ1) is 47.7. The molecule has 0 unspecified atom stereocenters. The molecule has 194 valence electrons. The molecule has 4 aliphatic carbocycles. The van der Waals surface area contributed by atoms with Crippen molar-refractivity contribution >= 4 is 0 Å². The molecule has 0 aromatic carbocycles. The molecular formula is C30H74. The highest BCUT2D eigenvalue weighted by molar-refractivity contribution is 4.52. The van der Waals surface area contributed by atoms with Gasteiger partial charge in [-0.3, -0.25) is 0 Å². The first-order valence-electron chi connectivity index (χ1n) is 15.0. The van der Waals surface area contributed by atoms with Crippen LogP contribution in [-0.2, 0) is 0 Å². The average molecular weight is 435 g/mol. The number of hydrogen-bond donors (Lipinski definition) is 0. The minimum absolute atomic E-state index is 1.50. The predicted molar refractivity (Wildman–Crippen MR) is 153 cm³/mol. The minimum Gasteiger partial charge on any atom is -0.0683 e. The Balaban J connectivity index is -0.0000000398. The quantitative estimate of drug-likeness (QED) is 0.355. The third-order valence-electron chi connectivity index (χ3n) is 4.00. The van der Waals surface area contributed by atoms with Crippen molar-refractivity contribution in [1.82, 2.24) is 0 Å². The van der Waals surface area contributed by atoms with Gasteiger partial charge in [0.05, 0.1) is 0 Å². The fourth-order valence-corrected chi connectivity index (χ4v) is 1.000. The monoisotopic (exact) mass is 435 g/mol. The van der Waals surface area contributed by atoms with Crippen LogP contribution in [0.1, 0.15) is 200 Å². The molecule has 0 heterocycles. The van der Waals surface area contributed by atoms with Gasteiger partial charge >= 0.3 is 0 Å². The van der Waals surface area contributed by atoms with E-state index >= 15 is 0 Å². The Bertz CT molecular complexity index is 64.0. The minimum atomic E-state index is 1.50. The fraction of sp³-hybridized carbons (Fsp3) is 1.00. The lowest BCUT2D eigenvalue weighted by molar-refractivity contribution is 0.504. The molecule has 0 amide bonds. The molecule has 0 aromatic rings. The maximum absolute atomic E-state index is 2.00. The molecular weight excluding hydrogens is 360 g/mol. The molecule has 4 rings (SSSR count). The summed E-state index contributed by atoms with van der Waals surface area (Å²) >= 11 is 0. The third-order valence-corrected chi connectivity index (χ3v) is 4.00. The second kappa shape index (κ2) is 88.8. The maximum atomic E-state index is 2.00. The molecule has 4 fully saturated rings. The van der Waals surface area contributed by atoms with E-state index in [1.54, 1.807) is 0 Å². The van der Waals surface area contributed by atoms with Crippen molar-refractivity contribution in [3.8, 4) is 0 Å². The summed E-state index contributed by atoms with van der Waals surface area (Å²) < 4.78 is 0. The molecule has 30 heavy (non-hydrogen) atoms. The van der Waals surface area contributed by atoms with Crippen LogP contribution >= 0.6 is 0 Å². The molecule has 0 N–H and O–H groups in total. The zero-order valence-electron chi connectivity index (χ0n) is 25.3. The molecule has 0 spiro atoms. The van der Waals surface area contributed by atoms with Gasteiger partial charge < -0.3 is 0 Å². The van der Waals surface area contributed by atoms with Crippen molar-refractivity contribution in [3.63, 3.8) is 0 Å². The Labute approximate surface area is 199 Å². The maximum Gasteiger partial charge on any atom is -0.0533 e. The smallest absolute Gasteiger partial charge is 0.0533 e. The number of hydrogen-bond acceptors (Lipinski definition) is 0. The summed E-state index contributed by atoms with van der Waals surface area (Å²) in [4.78, 5) is 0. The van der Waals surface area contributed by atoms with Crippen molar-refractivity contribution in [1.29, 1.82) is 0 Å². The van der Waals surface area contributed by atoms with Crippen molar-refractivity contribution < 1.29 is 0 Å². The van der Waals surface area contributed by atoms with E-state index in [4.69, 9.17) is 0 Å². The van der Waals surface area contributed by atoms with Gasteiger partial charge in [-0.1, -0.05) is 200 Å². The van der Waals surface area contributed by atoms with Gasteiger partial charge in [0.1, 0.15) is 0 Å². The molecule has 0 aromatic heterocycles. The van der Waals surface area contributed by atoms with E-state index in [2.05, 4.69) is 0 Å². The summed E-state index contributed by atoms with van der Waals surface area (Å²) in [6.07, 6.45) is 24.0. The molecule has 4 aliphatic rings. The number of rotatable bonds is 0. The van der Waals surface area contributed by atoms with Crippen molar-refractivity contribution in [2.75, 3.05) is 0 Å². The third kappa shape index (κ3) is 79.7. The highest BCUT2D eigenvalue weighted by Crippen LogP contribution is 2.16. The lowest BCUT2D eigenvalue weighted by Gasteiger charge is -2.05. The normalized spacial score (nSPS) is 14.2.